The lowest BCUT2D eigenvalue weighted by Crippen LogP contribution is -2.27. The van der Waals surface area contributed by atoms with Gasteiger partial charge in [0.2, 0.25) is 5.88 Å². The van der Waals surface area contributed by atoms with E-state index in [1.807, 2.05) is 6.07 Å². The van der Waals surface area contributed by atoms with Gasteiger partial charge in [-0.2, -0.15) is 5.10 Å². The van der Waals surface area contributed by atoms with Crippen LogP contribution in [0.25, 0.3) is 10.6 Å². The SMILES string of the molecule is O=C1Nc2cn(C3CCOCC3)nc2C(=O)NCCCOCCOc2cc(ccn2)-c2nc1cs2. The number of nitrogens with zero attached hydrogens (tertiary/aromatic N) is 4. The van der Waals surface area contributed by atoms with E-state index >= 15 is 0 Å². The fourth-order valence-corrected chi connectivity index (χ4v) is 4.67. The van der Waals surface area contributed by atoms with Crippen molar-refractivity contribution >= 4 is 28.8 Å². The smallest absolute Gasteiger partial charge is 0.275 e. The van der Waals surface area contributed by atoms with Crippen molar-refractivity contribution in [3.63, 3.8) is 0 Å². The Morgan fingerprint density at radius 1 is 1.06 bits per heavy atom. The van der Waals surface area contributed by atoms with Crippen LogP contribution in [0.2, 0.25) is 0 Å². The summed E-state index contributed by atoms with van der Waals surface area (Å²) >= 11 is 1.34. The Kier molecular flexibility index (Phi) is 7.31. The number of carbonyl (C=O) groups excluding carboxylic acids is 2. The third-order valence-corrected chi connectivity index (χ3v) is 6.60. The van der Waals surface area contributed by atoms with Crippen LogP contribution in [0.4, 0.5) is 5.69 Å². The number of fused-ring (bicyclic) bond motifs is 6. The van der Waals surface area contributed by atoms with Crippen molar-refractivity contribution in [1.29, 1.82) is 0 Å². The summed E-state index contributed by atoms with van der Waals surface area (Å²) in [6.07, 6.45) is 5.57. The quantitative estimate of drug-likeness (QED) is 0.524. The Morgan fingerprint density at radius 2 is 1.91 bits per heavy atom. The van der Waals surface area contributed by atoms with Gasteiger partial charge in [0.05, 0.1) is 18.3 Å². The van der Waals surface area contributed by atoms with Gasteiger partial charge in [0.1, 0.15) is 17.3 Å². The van der Waals surface area contributed by atoms with E-state index in [0.717, 1.165) is 18.4 Å². The third-order valence-electron chi connectivity index (χ3n) is 5.71. The van der Waals surface area contributed by atoms with Crippen LogP contribution in [0, 0.1) is 0 Å². The van der Waals surface area contributed by atoms with Crippen LogP contribution >= 0.6 is 11.3 Å². The molecule has 1 saturated heterocycles. The number of hydrogen-bond donors (Lipinski definition) is 2. The van der Waals surface area contributed by atoms with Gasteiger partial charge < -0.3 is 24.8 Å². The summed E-state index contributed by atoms with van der Waals surface area (Å²) in [6, 6.07) is 3.70. The van der Waals surface area contributed by atoms with E-state index < -0.39 is 5.91 Å². The second-order valence-corrected chi connectivity index (χ2v) is 9.02. The van der Waals surface area contributed by atoms with Crippen LogP contribution in [-0.2, 0) is 9.47 Å². The molecule has 0 aliphatic carbocycles. The number of carbonyl (C=O) groups is 2. The van der Waals surface area contributed by atoms with Crippen LogP contribution in [0.3, 0.4) is 0 Å². The molecule has 12 heteroatoms. The second kappa shape index (κ2) is 10.9. The average Bonchev–Trinajstić information content (AvgIpc) is 3.54. The summed E-state index contributed by atoms with van der Waals surface area (Å²) < 4.78 is 18.5. The summed E-state index contributed by atoms with van der Waals surface area (Å²) in [5.74, 6) is -0.305. The van der Waals surface area contributed by atoms with Crippen LogP contribution in [-0.4, -0.2) is 71.1 Å². The Morgan fingerprint density at radius 3 is 2.80 bits per heavy atom. The molecule has 0 atom stereocenters. The molecule has 3 aromatic heterocycles. The van der Waals surface area contributed by atoms with E-state index in [2.05, 4.69) is 25.7 Å². The summed E-state index contributed by atoms with van der Waals surface area (Å²) in [6.45, 7) is 2.91. The topological polar surface area (TPSA) is 129 Å². The lowest BCUT2D eigenvalue weighted by molar-refractivity contribution is 0.0660. The fourth-order valence-electron chi connectivity index (χ4n) is 3.87. The van der Waals surface area contributed by atoms with E-state index in [-0.39, 0.29) is 23.3 Å². The van der Waals surface area contributed by atoms with Gasteiger partial charge in [-0.1, -0.05) is 0 Å². The number of rotatable bonds is 1. The molecule has 2 aliphatic rings. The van der Waals surface area contributed by atoms with Gasteiger partial charge >= 0.3 is 0 Å². The maximum atomic E-state index is 13.0. The van der Waals surface area contributed by atoms with Crippen molar-refractivity contribution in [2.75, 3.05) is 44.9 Å². The van der Waals surface area contributed by atoms with Crippen LogP contribution in [0.5, 0.6) is 5.88 Å². The molecule has 2 aliphatic heterocycles. The van der Waals surface area contributed by atoms with Crippen molar-refractivity contribution < 1.29 is 23.8 Å². The molecule has 0 saturated carbocycles. The minimum atomic E-state index is -0.412. The highest BCUT2D eigenvalue weighted by Gasteiger charge is 2.24. The Hall–Kier alpha value is -3.35. The van der Waals surface area contributed by atoms with Crippen LogP contribution in [0.1, 0.15) is 46.3 Å². The fraction of sp³-hybridized carbons (Fsp3) is 0.435. The van der Waals surface area contributed by atoms with Crippen molar-refractivity contribution in [3.8, 4) is 16.5 Å². The molecule has 3 aromatic rings. The molecule has 0 radical (unpaired) electrons. The number of anilines is 1. The van der Waals surface area contributed by atoms with Gasteiger partial charge in [-0.25, -0.2) is 9.97 Å². The van der Waals surface area contributed by atoms with Gasteiger partial charge in [0, 0.05) is 55.8 Å². The first-order chi connectivity index (χ1) is 17.2. The number of aromatic nitrogens is 4. The van der Waals surface area contributed by atoms with E-state index in [1.165, 1.54) is 11.3 Å². The summed E-state index contributed by atoms with van der Waals surface area (Å²) in [4.78, 5) is 34.7. The van der Waals surface area contributed by atoms with Gasteiger partial charge in [-0.3, -0.25) is 14.3 Å². The molecular formula is C23H26N6O5S. The highest BCUT2D eigenvalue weighted by molar-refractivity contribution is 7.13. The van der Waals surface area contributed by atoms with Crippen LogP contribution in [0.15, 0.2) is 29.9 Å². The maximum Gasteiger partial charge on any atom is 0.275 e. The van der Waals surface area contributed by atoms with Crippen molar-refractivity contribution in [1.82, 2.24) is 25.1 Å². The predicted octanol–water partition coefficient (Wildman–Crippen LogP) is 2.53. The predicted molar refractivity (Wildman–Crippen MR) is 128 cm³/mol. The van der Waals surface area contributed by atoms with Crippen molar-refractivity contribution in [3.05, 3.63) is 41.3 Å². The number of ether oxygens (including phenoxy) is 3. The first-order valence-corrected chi connectivity index (χ1v) is 12.4. The number of pyridine rings is 1. The van der Waals surface area contributed by atoms with E-state index in [0.29, 0.717) is 62.6 Å². The lowest BCUT2D eigenvalue weighted by Gasteiger charge is -2.22. The molecule has 11 nitrogen and oxygen atoms in total. The van der Waals surface area contributed by atoms with Crippen molar-refractivity contribution in [2.24, 2.45) is 0 Å². The molecule has 184 valence electrons. The average molecular weight is 499 g/mol. The van der Waals surface area contributed by atoms with E-state index in [1.54, 1.807) is 28.5 Å². The summed E-state index contributed by atoms with van der Waals surface area (Å²) in [5.41, 5.74) is 1.57. The maximum absolute atomic E-state index is 13.0. The highest BCUT2D eigenvalue weighted by atomic mass is 32.1. The zero-order chi connectivity index (χ0) is 24.0. The third kappa shape index (κ3) is 5.66. The van der Waals surface area contributed by atoms with E-state index in [4.69, 9.17) is 14.2 Å². The van der Waals surface area contributed by atoms with Gasteiger partial charge in [0.25, 0.3) is 11.8 Å². The van der Waals surface area contributed by atoms with Gasteiger partial charge in [-0.15, -0.1) is 11.3 Å². The summed E-state index contributed by atoms with van der Waals surface area (Å²) in [7, 11) is 0. The number of nitrogens with one attached hydrogen (secondary N) is 2. The standard InChI is InChI=1S/C23H26N6O5S/c30-21-18-14-35-23(27-18)15-2-6-24-19(12-15)34-11-10-32-7-1-5-25-22(31)20-17(26-21)13-29(28-20)16-3-8-33-9-4-16/h2,6,12-14,16H,1,3-5,7-11H2,(H,25,31)(H,26,30). The van der Waals surface area contributed by atoms with Crippen LogP contribution < -0.4 is 15.4 Å². The molecule has 5 rings (SSSR count). The van der Waals surface area contributed by atoms with Crippen molar-refractivity contribution in [2.45, 2.75) is 25.3 Å². The number of thiazole rings is 1. The Labute approximate surface area is 205 Å². The second-order valence-electron chi connectivity index (χ2n) is 8.16. The largest absolute Gasteiger partial charge is 0.475 e. The molecule has 5 heterocycles. The summed E-state index contributed by atoms with van der Waals surface area (Å²) in [5, 5.41) is 12.6. The zero-order valence-electron chi connectivity index (χ0n) is 19.1. The van der Waals surface area contributed by atoms with Gasteiger partial charge in [0.15, 0.2) is 5.69 Å². The molecule has 0 unspecified atom stereocenters. The molecule has 0 aromatic carbocycles. The minimum absolute atomic E-state index is 0.105. The minimum Gasteiger partial charge on any atom is -0.475 e. The molecule has 2 N–H and O–H groups in total. The zero-order valence-corrected chi connectivity index (χ0v) is 19.9. The lowest BCUT2D eigenvalue weighted by atomic mass is 10.1. The number of hydrogen-bond acceptors (Lipinski definition) is 9. The Bertz CT molecular complexity index is 1190. The van der Waals surface area contributed by atoms with Gasteiger partial charge in [-0.05, 0) is 25.3 Å². The molecule has 0 spiro atoms. The molecular weight excluding hydrogens is 472 g/mol. The highest BCUT2D eigenvalue weighted by Crippen LogP contribution is 2.27. The normalized spacial score (nSPS) is 18.3. The molecule has 1 fully saturated rings. The molecule has 2 amide bonds. The van der Waals surface area contributed by atoms with E-state index in [9.17, 15) is 9.59 Å². The Balaban J connectivity index is 1.43. The molecule has 4 bridgehead atoms. The number of amides is 2. The monoisotopic (exact) mass is 498 g/mol. The first-order valence-electron chi connectivity index (χ1n) is 11.6. The first kappa shape index (κ1) is 23.4. The molecule has 35 heavy (non-hydrogen) atoms.